The lowest BCUT2D eigenvalue weighted by atomic mass is 9.97. The van der Waals surface area contributed by atoms with Crippen molar-refractivity contribution in [3.8, 4) is 0 Å². The van der Waals surface area contributed by atoms with Crippen LogP contribution in [0.25, 0.3) is 0 Å². The highest BCUT2D eigenvalue weighted by molar-refractivity contribution is 5.67. The van der Waals surface area contributed by atoms with Crippen LogP contribution in [0.15, 0.2) is 0 Å². The topological polar surface area (TPSA) is 127 Å². The quantitative estimate of drug-likeness (QED) is 0.333. The second-order valence-electron chi connectivity index (χ2n) is 3.13. The Balaban J connectivity index is 2.65. The van der Waals surface area contributed by atoms with E-state index >= 15 is 0 Å². The maximum Gasteiger partial charge on any atom is 0.306 e. The highest BCUT2D eigenvalue weighted by atomic mass is 16.6. The summed E-state index contributed by atoms with van der Waals surface area (Å²) in [5.41, 5.74) is 0. The smallest absolute Gasteiger partial charge is 0.306 e. The molecule has 0 aromatic heterocycles. The van der Waals surface area contributed by atoms with E-state index in [0.717, 1.165) is 0 Å². The summed E-state index contributed by atoms with van der Waals surface area (Å²) in [6.07, 6.45) is -8.22. The number of aliphatic carboxylic acids is 1. The number of aliphatic hydroxyl groups excluding tert-OH is 4. The van der Waals surface area contributed by atoms with Crippen LogP contribution in [0, 0.1) is 0 Å². The molecule has 1 heterocycles. The van der Waals surface area contributed by atoms with Crippen LogP contribution in [0.1, 0.15) is 6.42 Å². The standard InChI is InChI=1S/C7H12O7/c8-3(9)1-2-4(10)5(11)6(12)7(13)14-2/h2,4-7,10-13H,1H2,(H,8,9)/t2-,4-,5-,6+,7-/m0/s1. The Hall–Kier alpha value is -0.730. The predicted octanol–water partition coefficient (Wildman–Crippen LogP) is -2.74. The van der Waals surface area contributed by atoms with Crippen molar-refractivity contribution >= 4 is 5.97 Å². The molecule has 1 aliphatic rings. The molecule has 7 heteroatoms. The van der Waals surface area contributed by atoms with Gasteiger partial charge < -0.3 is 30.3 Å². The molecule has 1 saturated heterocycles. The Bertz CT molecular complexity index is 218. The molecule has 5 N–H and O–H groups in total. The van der Waals surface area contributed by atoms with Crippen molar-refractivity contribution in [2.24, 2.45) is 0 Å². The number of hydrogen-bond donors (Lipinski definition) is 5. The van der Waals surface area contributed by atoms with Gasteiger partial charge in [0, 0.05) is 0 Å². The van der Waals surface area contributed by atoms with Crippen molar-refractivity contribution in [2.45, 2.75) is 37.1 Å². The molecular weight excluding hydrogens is 196 g/mol. The summed E-state index contributed by atoms with van der Waals surface area (Å²) in [6.45, 7) is 0. The first kappa shape index (κ1) is 11.3. The highest BCUT2D eigenvalue weighted by Crippen LogP contribution is 2.21. The summed E-state index contributed by atoms with van der Waals surface area (Å²) in [7, 11) is 0. The molecule has 1 aliphatic heterocycles. The zero-order valence-corrected chi connectivity index (χ0v) is 7.15. The zero-order valence-electron chi connectivity index (χ0n) is 7.15. The number of rotatable bonds is 2. The number of carbonyl (C=O) groups is 1. The van der Waals surface area contributed by atoms with Gasteiger partial charge in [0.25, 0.3) is 0 Å². The number of ether oxygens (including phenoxy) is 1. The van der Waals surface area contributed by atoms with Crippen molar-refractivity contribution in [3.63, 3.8) is 0 Å². The van der Waals surface area contributed by atoms with Crippen molar-refractivity contribution in [1.29, 1.82) is 0 Å². The van der Waals surface area contributed by atoms with Gasteiger partial charge in [-0.05, 0) is 0 Å². The third kappa shape index (κ3) is 2.20. The molecule has 0 aromatic rings. The van der Waals surface area contributed by atoms with E-state index in [0.29, 0.717) is 0 Å². The third-order valence-electron chi connectivity index (χ3n) is 2.06. The summed E-state index contributed by atoms with van der Waals surface area (Å²) >= 11 is 0. The fourth-order valence-electron chi connectivity index (χ4n) is 1.27. The fraction of sp³-hybridized carbons (Fsp3) is 0.857. The molecule has 14 heavy (non-hydrogen) atoms. The molecule has 0 unspecified atom stereocenters. The van der Waals surface area contributed by atoms with E-state index in [-0.39, 0.29) is 0 Å². The van der Waals surface area contributed by atoms with Crippen molar-refractivity contribution in [1.82, 2.24) is 0 Å². The van der Waals surface area contributed by atoms with E-state index in [4.69, 9.17) is 20.4 Å². The van der Waals surface area contributed by atoms with E-state index in [9.17, 15) is 9.90 Å². The summed E-state index contributed by atoms with van der Waals surface area (Å²) in [6, 6.07) is 0. The monoisotopic (exact) mass is 208 g/mol. The van der Waals surface area contributed by atoms with E-state index in [1.165, 1.54) is 0 Å². The van der Waals surface area contributed by atoms with Gasteiger partial charge in [-0.3, -0.25) is 4.79 Å². The average Bonchev–Trinajstić information content (AvgIpc) is 2.10. The molecule has 0 amide bonds. The predicted molar refractivity (Wildman–Crippen MR) is 41.2 cm³/mol. The molecule has 0 aliphatic carbocycles. The normalized spacial score (nSPS) is 43.6. The molecular formula is C7H12O7. The minimum Gasteiger partial charge on any atom is -0.481 e. The van der Waals surface area contributed by atoms with Crippen LogP contribution >= 0.6 is 0 Å². The molecule has 0 radical (unpaired) electrons. The van der Waals surface area contributed by atoms with Crippen molar-refractivity contribution < 1.29 is 35.1 Å². The van der Waals surface area contributed by atoms with Crippen LogP contribution in [-0.4, -0.2) is 62.2 Å². The molecule has 5 atom stereocenters. The molecule has 1 rings (SSSR count). The second kappa shape index (κ2) is 4.20. The van der Waals surface area contributed by atoms with Gasteiger partial charge >= 0.3 is 5.97 Å². The van der Waals surface area contributed by atoms with E-state index in [1.807, 2.05) is 0 Å². The molecule has 0 spiro atoms. The van der Waals surface area contributed by atoms with Gasteiger partial charge in [0.2, 0.25) is 0 Å². The Morgan fingerprint density at radius 1 is 1.07 bits per heavy atom. The SMILES string of the molecule is O=C(O)C[C@@H]1O[C@H](O)[C@H](O)[C@@H](O)[C@H]1O. The first-order chi connectivity index (χ1) is 6.43. The molecule has 0 aromatic carbocycles. The van der Waals surface area contributed by atoms with Gasteiger partial charge in [-0.25, -0.2) is 0 Å². The van der Waals surface area contributed by atoms with Crippen LogP contribution < -0.4 is 0 Å². The third-order valence-corrected chi connectivity index (χ3v) is 2.06. The minimum absolute atomic E-state index is 0.554. The van der Waals surface area contributed by atoms with E-state index in [1.54, 1.807) is 0 Å². The van der Waals surface area contributed by atoms with Gasteiger partial charge in [0.1, 0.15) is 18.3 Å². The Morgan fingerprint density at radius 2 is 1.64 bits per heavy atom. The molecule has 82 valence electrons. The van der Waals surface area contributed by atoms with Crippen molar-refractivity contribution in [3.05, 3.63) is 0 Å². The summed E-state index contributed by atoms with van der Waals surface area (Å²) in [5.74, 6) is -1.23. The Labute approximate surface area is 79.2 Å². The molecule has 7 nitrogen and oxygen atoms in total. The lowest BCUT2D eigenvalue weighted by Crippen LogP contribution is -2.57. The summed E-state index contributed by atoms with van der Waals surface area (Å²) < 4.78 is 4.61. The van der Waals surface area contributed by atoms with Gasteiger partial charge in [0.05, 0.1) is 12.5 Å². The maximum atomic E-state index is 10.3. The van der Waals surface area contributed by atoms with Crippen LogP contribution in [-0.2, 0) is 9.53 Å². The number of carboxylic acids is 1. The van der Waals surface area contributed by atoms with Gasteiger partial charge in [-0.15, -0.1) is 0 Å². The average molecular weight is 208 g/mol. The lowest BCUT2D eigenvalue weighted by Gasteiger charge is -2.37. The largest absolute Gasteiger partial charge is 0.481 e. The summed E-state index contributed by atoms with van der Waals surface area (Å²) in [5, 5.41) is 44.9. The number of hydrogen-bond acceptors (Lipinski definition) is 6. The lowest BCUT2D eigenvalue weighted by molar-refractivity contribution is -0.282. The second-order valence-corrected chi connectivity index (χ2v) is 3.13. The molecule has 0 saturated carbocycles. The minimum atomic E-state index is -1.68. The van der Waals surface area contributed by atoms with Crippen LogP contribution in [0.2, 0.25) is 0 Å². The Morgan fingerprint density at radius 3 is 2.14 bits per heavy atom. The van der Waals surface area contributed by atoms with E-state index in [2.05, 4.69) is 4.74 Å². The van der Waals surface area contributed by atoms with Gasteiger partial charge in [-0.2, -0.15) is 0 Å². The van der Waals surface area contributed by atoms with Gasteiger partial charge in [0.15, 0.2) is 6.29 Å². The van der Waals surface area contributed by atoms with Crippen LogP contribution in [0.3, 0.4) is 0 Å². The molecule has 1 fully saturated rings. The zero-order chi connectivity index (χ0) is 10.9. The highest BCUT2D eigenvalue weighted by Gasteiger charge is 2.43. The fourth-order valence-corrected chi connectivity index (χ4v) is 1.27. The van der Waals surface area contributed by atoms with E-state index < -0.39 is 43.1 Å². The molecule has 0 bridgehead atoms. The van der Waals surface area contributed by atoms with Crippen LogP contribution in [0.4, 0.5) is 0 Å². The van der Waals surface area contributed by atoms with Crippen molar-refractivity contribution in [2.75, 3.05) is 0 Å². The van der Waals surface area contributed by atoms with Crippen LogP contribution in [0.5, 0.6) is 0 Å². The first-order valence-electron chi connectivity index (χ1n) is 4.03. The summed E-state index contributed by atoms with van der Waals surface area (Å²) in [4.78, 5) is 10.3. The van der Waals surface area contributed by atoms with Gasteiger partial charge in [-0.1, -0.05) is 0 Å². The maximum absolute atomic E-state index is 10.3. The number of aliphatic hydroxyl groups is 4. The first-order valence-corrected chi connectivity index (χ1v) is 4.03. The Kier molecular flexibility index (Phi) is 3.40. The number of carboxylic acid groups (broad SMARTS) is 1.